The number of carbonyl (C=O) groups is 1. The zero-order valence-corrected chi connectivity index (χ0v) is 18.6. The van der Waals surface area contributed by atoms with E-state index >= 15 is 0 Å². The van der Waals surface area contributed by atoms with Crippen molar-refractivity contribution in [2.45, 2.75) is 64.4 Å². The molecular formula is C23H31N3O2S. The van der Waals surface area contributed by atoms with Crippen LogP contribution >= 0.6 is 11.8 Å². The molecule has 0 bridgehead atoms. The van der Waals surface area contributed by atoms with Gasteiger partial charge in [-0.25, -0.2) is 4.98 Å². The second-order valence-electron chi connectivity index (χ2n) is 7.65. The van der Waals surface area contributed by atoms with E-state index in [9.17, 15) is 4.79 Å². The van der Waals surface area contributed by atoms with Crippen LogP contribution in [0, 0.1) is 5.92 Å². The van der Waals surface area contributed by atoms with Crippen LogP contribution in [0.1, 0.15) is 69.4 Å². The van der Waals surface area contributed by atoms with Gasteiger partial charge in [0.15, 0.2) is 5.76 Å². The maximum Gasteiger partial charge on any atom is 0.287 e. The number of aryl methyl sites for hydroxylation is 1. The van der Waals surface area contributed by atoms with Gasteiger partial charge in [-0.3, -0.25) is 4.79 Å². The number of fused-ring (bicyclic) bond motifs is 1. The summed E-state index contributed by atoms with van der Waals surface area (Å²) in [4.78, 5) is 18.9. The average molecular weight is 414 g/mol. The highest BCUT2D eigenvalue weighted by Crippen LogP contribution is 2.30. The molecule has 3 aromatic rings. The number of benzene rings is 1. The molecular weight excluding hydrogens is 382 g/mol. The minimum absolute atomic E-state index is 0.191. The van der Waals surface area contributed by atoms with E-state index in [1.54, 1.807) is 12.1 Å². The molecule has 2 heterocycles. The zero-order valence-electron chi connectivity index (χ0n) is 17.8. The third-order valence-electron chi connectivity index (χ3n) is 4.93. The van der Waals surface area contributed by atoms with Crippen LogP contribution in [0.25, 0.3) is 11.0 Å². The second-order valence-corrected chi connectivity index (χ2v) is 8.81. The van der Waals surface area contributed by atoms with E-state index in [-0.39, 0.29) is 17.9 Å². The molecule has 3 rings (SSSR count). The second kappa shape index (κ2) is 10.0. The smallest absolute Gasteiger partial charge is 0.287 e. The Labute approximate surface area is 177 Å². The van der Waals surface area contributed by atoms with Crippen molar-refractivity contribution in [3.8, 4) is 0 Å². The summed E-state index contributed by atoms with van der Waals surface area (Å²) in [7, 11) is 0. The normalized spacial score (nSPS) is 12.6. The Kier molecular flexibility index (Phi) is 7.42. The molecule has 0 saturated heterocycles. The van der Waals surface area contributed by atoms with E-state index in [0.29, 0.717) is 5.76 Å². The van der Waals surface area contributed by atoms with Crippen LogP contribution in [-0.2, 0) is 6.54 Å². The van der Waals surface area contributed by atoms with Crippen molar-refractivity contribution in [3.05, 3.63) is 48.2 Å². The largest absolute Gasteiger partial charge is 0.459 e. The molecule has 0 fully saturated rings. The highest BCUT2D eigenvalue weighted by atomic mass is 32.2. The molecule has 1 N–H and O–H groups in total. The molecule has 1 amide bonds. The van der Waals surface area contributed by atoms with Crippen molar-refractivity contribution in [1.29, 1.82) is 0 Å². The van der Waals surface area contributed by atoms with Gasteiger partial charge in [-0.2, -0.15) is 0 Å². The number of rotatable bonds is 10. The van der Waals surface area contributed by atoms with Crippen LogP contribution in [0.2, 0.25) is 0 Å². The number of thioether (sulfide) groups is 1. The van der Waals surface area contributed by atoms with Gasteiger partial charge >= 0.3 is 0 Å². The molecule has 0 aliphatic heterocycles. The molecule has 29 heavy (non-hydrogen) atoms. The summed E-state index contributed by atoms with van der Waals surface area (Å²) in [6.07, 6.45) is 4.84. The van der Waals surface area contributed by atoms with Crippen molar-refractivity contribution in [1.82, 2.24) is 14.9 Å². The van der Waals surface area contributed by atoms with E-state index in [2.05, 4.69) is 55.8 Å². The molecule has 1 unspecified atom stereocenters. The lowest BCUT2D eigenvalue weighted by molar-refractivity contribution is 0.0894. The number of hydrogen-bond acceptors (Lipinski definition) is 4. The Morgan fingerprint density at radius 1 is 1.24 bits per heavy atom. The predicted octanol–water partition coefficient (Wildman–Crippen LogP) is 6.06. The first kappa shape index (κ1) is 21.5. The van der Waals surface area contributed by atoms with Crippen LogP contribution in [0.5, 0.6) is 0 Å². The Hall–Kier alpha value is -2.21. The molecule has 0 saturated carbocycles. The highest BCUT2D eigenvalue weighted by molar-refractivity contribution is 7.99. The molecule has 6 heteroatoms. The first-order valence-electron chi connectivity index (χ1n) is 10.5. The van der Waals surface area contributed by atoms with Gasteiger partial charge in [0.05, 0.1) is 23.3 Å². The Morgan fingerprint density at radius 3 is 2.72 bits per heavy atom. The number of imidazole rings is 1. The average Bonchev–Trinajstić information content (AvgIpc) is 3.36. The maximum atomic E-state index is 12.7. The number of nitrogens with one attached hydrogen (secondary N) is 1. The molecule has 2 aromatic heterocycles. The summed E-state index contributed by atoms with van der Waals surface area (Å²) in [5, 5.41) is 3.14. The van der Waals surface area contributed by atoms with E-state index in [1.807, 2.05) is 11.8 Å². The number of unbranched alkanes of at least 4 members (excludes halogenated alkanes) is 1. The van der Waals surface area contributed by atoms with Crippen LogP contribution < -0.4 is 5.32 Å². The molecule has 0 spiro atoms. The molecule has 5 nitrogen and oxygen atoms in total. The summed E-state index contributed by atoms with van der Waals surface area (Å²) < 4.78 is 7.56. The van der Waals surface area contributed by atoms with Gasteiger partial charge in [0.1, 0.15) is 5.82 Å². The molecule has 0 aliphatic rings. The minimum atomic E-state index is -0.206. The number of nitrogens with zero attached hydrogens (tertiary/aromatic N) is 2. The van der Waals surface area contributed by atoms with Crippen LogP contribution in [0.4, 0.5) is 0 Å². The van der Waals surface area contributed by atoms with Crippen LogP contribution in [0.3, 0.4) is 0 Å². The van der Waals surface area contributed by atoms with Gasteiger partial charge < -0.3 is 14.3 Å². The van der Waals surface area contributed by atoms with Crippen LogP contribution in [-0.4, -0.2) is 21.2 Å². The molecule has 0 aliphatic carbocycles. The van der Waals surface area contributed by atoms with Gasteiger partial charge in [0.2, 0.25) is 0 Å². The number of furan rings is 1. The first-order chi connectivity index (χ1) is 14.0. The van der Waals surface area contributed by atoms with E-state index in [0.717, 1.165) is 48.4 Å². The molecule has 1 atom stereocenters. The quantitative estimate of drug-likeness (QED) is 0.411. The minimum Gasteiger partial charge on any atom is -0.459 e. The summed E-state index contributed by atoms with van der Waals surface area (Å²) in [6, 6.07) is 9.75. The summed E-state index contributed by atoms with van der Waals surface area (Å²) in [6.45, 7) is 9.50. The third-order valence-corrected chi connectivity index (χ3v) is 6.13. The van der Waals surface area contributed by atoms with E-state index in [4.69, 9.17) is 9.40 Å². The standard InChI is InChI=1S/C23H31N3O2S/c1-5-7-12-26-19-11-10-17(29-14-6-2)15-18(19)24-22(26)21(16(3)4)25-23(27)20-9-8-13-28-20/h8-11,13,15-16,21H,5-7,12,14H2,1-4H3,(H,25,27). The zero-order chi connectivity index (χ0) is 20.8. The van der Waals surface area contributed by atoms with Crippen molar-refractivity contribution in [3.63, 3.8) is 0 Å². The fourth-order valence-electron chi connectivity index (χ4n) is 3.38. The van der Waals surface area contributed by atoms with Crippen molar-refractivity contribution >= 4 is 28.7 Å². The Bertz CT molecular complexity index is 931. The third kappa shape index (κ3) is 5.04. The molecule has 1 aromatic carbocycles. The first-order valence-corrected chi connectivity index (χ1v) is 11.5. The summed E-state index contributed by atoms with van der Waals surface area (Å²) in [5.41, 5.74) is 2.13. The van der Waals surface area contributed by atoms with E-state index < -0.39 is 0 Å². The van der Waals surface area contributed by atoms with Gasteiger partial charge in [-0.1, -0.05) is 34.1 Å². The topological polar surface area (TPSA) is 60.1 Å². The molecule has 0 radical (unpaired) electrons. The fourth-order valence-corrected chi connectivity index (χ4v) is 4.18. The van der Waals surface area contributed by atoms with Gasteiger partial charge in [0.25, 0.3) is 5.91 Å². The predicted molar refractivity (Wildman–Crippen MR) is 119 cm³/mol. The van der Waals surface area contributed by atoms with Gasteiger partial charge in [-0.15, -0.1) is 11.8 Å². The van der Waals surface area contributed by atoms with Crippen molar-refractivity contribution in [2.24, 2.45) is 5.92 Å². The van der Waals surface area contributed by atoms with Crippen LogP contribution in [0.15, 0.2) is 45.9 Å². The number of hydrogen-bond donors (Lipinski definition) is 1. The maximum absolute atomic E-state index is 12.7. The number of amides is 1. The Morgan fingerprint density at radius 2 is 2.07 bits per heavy atom. The monoisotopic (exact) mass is 413 g/mol. The Balaban J connectivity index is 1.99. The lowest BCUT2D eigenvalue weighted by atomic mass is 10.0. The van der Waals surface area contributed by atoms with Crippen molar-refractivity contribution < 1.29 is 9.21 Å². The van der Waals surface area contributed by atoms with Gasteiger partial charge in [-0.05, 0) is 54.8 Å². The van der Waals surface area contributed by atoms with Crippen molar-refractivity contribution in [2.75, 3.05) is 5.75 Å². The molecule has 156 valence electrons. The highest BCUT2D eigenvalue weighted by Gasteiger charge is 2.26. The number of aromatic nitrogens is 2. The number of carbonyl (C=O) groups excluding carboxylic acids is 1. The lowest BCUT2D eigenvalue weighted by Crippen LogP contribution is -2.33. The lowest BCUT2D eigenvalue weighted by Gasteiger charge is -2.23. The summed E-state index contributed by atoms with van der Waals surface area (Å²) >= 11 is 1.86. The SMILES string of the molecule is CCCCn1c(C(NC(=O)c2ccco2)C(C)C)nc2cc(SCCC)ccc21. The summed E-state index contributed by atoms with van der Waals surface area (Å²) in [5.74, 6) is 2.33. The fraction of sp³-hybridized carbons (Fsp3) is 0.478. The van der Waals surface area contributed by atoms with E-state index in [1.165, 1.54) is 11.2 Å². The van der Waals surface area contributed by atoms with Gasteiger partial charge in [0, 0.05) is 11.4 Å².